The summed E-state index contributed by atoms with van der Waals surface area (Å²) in [5.74, 6) is -0.151. The lowest BCUT2D eigenvalue weighted by Gasteiger charge is -2.05. The number of thioether (sulfide) groups is 1. The van der Waals surface area contributed by atoms with Crippen LogP contribution in [0.4, 0.5) is 5.69 Å². The highest BCUT2D eigenvalue weighted by Gasteiger charge is 2.16. The summed E-state index contributed by atoms with van der Waals surface area (Å²) in [4.78, 5) is 22.3. The zero-order chi connectivity index (χ0) is 11.6. The van der Waals surface area contributed by atoms with Crippen LogP contribution in [0.2, 0.25) is 0 Å². The molecular formula is C10H11NO3S. The fourth-order valence-corrected chi connectivity index (χ4v) is 2.03. The number of nitrogens with zero attached hydrogens (tertiary/aromatic N) is 1. The fourth-order valence-electron chi connectivity index (χ4n) is 1.31. The number of nitro benzene ring substituents is 1. The van der Waals surface area contributed by atoms with Gasteiger partial charge in [0, 0.05) is 22.1 Å². The molecule has 0 heterocycles. The maximum Gasteiger partial charge on any atom is 0.273 e. The van der Waals surface area contributed by atoms with Gasteiger partial charge < -0.3 is 0 Å². The molecule has 1 aromatic carbocycles. The van der Waals surface area contributed by atoms with Crippen LogP contribution < -0.4 is 0 Å². The Morgan fingerprint density at radius 1 is 1.47 bits per heavy atom. The largest absolute Gasteiger partial charge is 0.294 e. The van der Waals surface area contributed by atoms with Crippen LogP contribution in [0, 0.1) is 17.0 Å². The van der Waals surface area contributed by atoms with E-state index in [2.05, 4.69) is 0 Å². The van der Waals surface area contributed by atoms with Crippen molar-refractivity contribution in [1.29, 1.82) is 0 Å². The van der Waals surface area contributed by atoms with Crippen molar-refractivity contribution in [3.63, 3.8) is 0 Å². The number of hydrogen-bond donors (Lipinski definition) is 0. The van der Waals surface area contributed by atoms with Crippen molar-refractivity contribution in [2.75, 3.05) is 6.26 Å². The molecule has 0 aliphatic heterocycles. The normalized spacial score (nSPS) is 10.1. The predicted octanol–water partition coefficient (Wildman–Crippen LogP) is 2.83. The average Bonchev–Trinajstić information content (AvgIpc) is 2.16. The van der Waals surface area contributed by atoms with E-state index in [4.69, 9.17) is 0 Å². The van der Waals surface area contributed by atoms with Gasteiger partial charge in [0.1, 0.15) is 0 Å². The minimum Gasteiger partial charge on any atom is -0.294 e. The molecule has 0 bridgehead atoms. The third-order valence-electron chi connectivity index (χ3n) is 2.09. The maximum atomic E-state index is 11.3. The molecule has 15 heavy (non-hydrogen) atoms. The first-order valence-corrected chi connectivity index (χ1v) is 5.53. The van der Waals surface area contributed by atoms with E-state index in [1.54, 1.807) is 13.0 Å². The molecule has 1 rings (SSSR count). The SMILES string of the molecule is CSc1cc(C)c([N+](=O)[O-])cc1C(C)=O. The minimum absolute atomic E-state index is 0.00185. The number of ketones is 1. The van der Waals surface area contributed by atoms with Gasteiger partial charge in [-0.1, -0.05) is 0 Å². The first kappa shape index (κ1) is 11.7. The maximum absolute atomic E-state index is 11.3. The number of aryl methyl sites for hydroxylation is 1. The van der Waals surface area contributed by atoms with Gasteiger partial charge >= 0.3 is 0 Å². The van der Waals surface area contributed by atoms with E-state index in [0.29, 0.717) is 11.1 Å². The number of carbonyl (C=O) groups excluding carboxylic acids is 1. The smallest absolute Gasteiger partial charge is 0.273 e. The highest BCUT2D eigenvalue weighted by molar-refractivity contribution is 7.98. The van der Waals surface area contributed by atoms with Crippen LogP contribution in [-0.2, 0) is 0 Å². The van der Waals surface area contributed by atoms with Gasteiger partial charge in [0.2, 0.25) is 0 Å². The Hall–Kier alpha value is -1.36. The van der Waals surface area contributed by atoms with Gasteiger partial charge in [-0.15, -0.1) is 11.8 Å². The number of Topliss-reactive ketones (excluding diaryl/α,β-unsaturated/α-hetero) is 1. The lowest BCUT2D eigenvalue weighted by atomic mass is 10.1. The number of nitro groups is 1. The van der Waals surface area contributed by atoms with Gasteiger partial charge in [-0.05, 0) is 26.2 Å². The number of benzene rings is 1. The van der Waals surface area contributed by atoms with E-state index < -0.39 is 4.92 Å². The van der Waals surface area contributed by atoms with Gasteiger partial charge in [-0.25, -0.2) is 0 Å². The molecule has 80 valence electrons. The van der Waals surface area contributed by atoms with Crippen LogP contribution in [0.25, 0.3) is 0 Å². The fraction of sp³-hybridized carbons (Fsp3) is 0.300. The van der Waals surface area contributed by atoms with Crippen LogP contribution in [0.5, 0.6) is 0 Å². The van der Waals surface area contributed by atoms with E-state index in [1.807, 2.05) is 6.26 Å². The summed E-state index contributed by atoms with van der Waals surface area (Å²) >= 11 is 1.41. The van der Waals surface area contributed by atoms with Crippen LogP contribution in [-0.4, -0.2) is 17.0 Å². The molecular weight excluding hydrogens is 214 g/mol. The predicted molar refractivity (Wildman–Crippen MR) is 59.6 cm³/mol. The molecule has 0 unspecified atom stereocenters. The van der Waals surface area contributed by atoms with Crippen molar-refractivity contribution in [2.24, 2.45) is 0 Å². The Kier molecular flexibility index (Phi) is 3.47. The summed E-state index contributed by atoms with van der Waals surface area (Å²) in [5, 5.41) is 10.7. The lowest BCUT2D eigenvalue weighted by molar-refractivity contribution is -0.385. The average molecular weight is 225 g/mol. The number of hydrogen-bond acceptors (Lipinski definition) is 4. The van der Waals surface area contributed by atoms with Gasteiger partial charge in [-0.2, -0.15) is 0 Å². The summed E-state index contributed by atoms with van der Waals surface area (Å²) in [7, 11) is 0. The number of rotatable bonds is 3. The molecule has 0 radical (unpaired) electrons. The summed E-state index contributed by atoms with van der Waals surface area (Å²) in [6.07, 6.45) is 1.84. The summed E-state index contributed by atoms with van der Waals surface area (Å²) in [6.45, 7) is 3.08. The molecule has 0 saturated heterocycles. The monoisotopic (exact) mass is 225 g/mol. The number of carbonyl (C=O) groups is 1. The first-order chi connectivity index (χ1) is 6.97. The molecule has 0 aliphatic rings. The van der Waals surface area contributed by atoms with E-state index in [9.17, 15) is 14.9 Å². The molecule has 5 heteroatoms. The van der Waals surface area contributed by atoms with Crippen LogP contribution in [0.1, 0.15) is 22.8 Å². The summed E-state index contributed by atoms with van der Waals surface area (Å²) < 4.78 is 0. The molecule has 0 atom stereocenters. The van der Waals surface area contributed by atoms with Gasteiger partial charge in [0.05, 0.1) is 4.92 Å². The van der Waals surface area contributed by atoms with Crippen molar-refractivity contribution in [3.8, 4) is 0 Å². The van der Waals surface area contributed by atoms with Crippen molar-refractivity contribution in [3.05, 3.63) is 33.4 Å². The Morgan fingerprint density at radius 3 is 2.47 bits per heavy atom. The molecule has 0 spiro atoms. The summed E-state index contributed by atoms with van der Waals surface area (Å²) in [6, 6.07) is 3.03. The Morgan fingerprint density at radius 2 is 2.07 bits per heavy atom. The highest BCUT2D eigenvalue weighted by atomic mass is 32.2. The standard InChI is InChI=1S/C10H11NO3S/c1-6-4-10(15-3)8(7(2)12)5-9(6)11(13)14/h4-5H,1-3H3. The second kappa shape index (κ2) is 4.44. The molecule has 0 aliphatic carbocycles. The van der Waals surface area contributed by atoms with Crippen LogP contribution >= 0.6 is 11.8 Å². The van der Waals surface area contributed by atoms with E-state index in [0.717, 1.165) is 4.90 Å². The zero-order valence-corrected chi connectivity index (χ0v) is 9.55. The topological polar surface area (TPSA) is 60.2 Å². The Balaban J connectivity index is 3.43. The van der Waals surface area contributed by atoms with Crippen molar-refractivity contribution in [1.82, 2.24) is 0 Å². The van der Waals surface area contributed by atoms with Gasteiger partial charge in [0.15, 0.2) is 5.78 Å². The molecule has 0 fully saturated rings. The molecule has 1 aromatic rings. The Labute approximate surface area is 91.8 Å². The molecule has 4 nitrogen and oxygen atoms in total. The zero-order valence-electron chi connectivity index (χ0n) is 8.73. The second-order valence-corrected chi connectivity index (χ2v) is 4.00. The minimum atomic E-state index is -0.466. The molecule has 0 amide bonds. The molecule has 0 aromatic heterocycles. The van der Waals surface area contributed by atoms with E-state index in [-0.39, 0.29) is 11.5 Å². The van der Waals surface area contributed by atoms with Gasteiger partial charge in [-0.3, -0.25) is 14.9 Å². The van der Waals surface area contributed by atoms with Crippen molar-refractivity contribution >= 4 is 23.2 Å². The van der Waals surface area contributed by atoms with Gasteiger partial charge in [0.25, 0.3) is 5.69 Å². The van der Waals surface area contributed by atoms with E-state index >= 15 is 0 Å². The van der Waals surface area contributed by atoms with Crippen LogP contribution in [0.15, 0.2) is 17.0 Å². The highest BCUT2D eigenvalue weighted by Crippen LogP contribution is 2.28. The third-order valence-corrected chi connectivity index (χ3v) is 2.87. The molecule has 0 saturated carbocycles. The van der Waals surface area contributed by atoms with Crippen LogP contribution in [0.3, 0.4) is 0 Å². The second-order valence-electron chi connectivity index (χ2n) is 3.15. The quantitative estimate of drug-likeness (QED) is 0.343. The molecule has 0 N–H and O–H groups in total. The first-order valence-electron chi connectivity index (χ1n) is 4.31. The lowest BCUT2D eigenvalue weighted by Crippen LogP contribution is -2.00. The third kappa shape index (κ3) is 2.36. The Bertz CT molecular complexity index is 429. The summed E-state index contributed by atoms with van der Waals surface area (Å²) in [5.41, 5.74) is 0.993. The van der Waals surface area contributed by atoms with E-state index in [1.165, 1.54) is 24.8 Å². The van der Waals surface area contributed by atoms with Crippen molar-refractivity contribution in [2.45, 2.75) is 18.7 Å². The van der Waals surface area contributed by atoms with Crippen molar-refractivity contribution < 1.29 is 9.72 Å².